The van der Waals surface area contributed by atoms with Crippen LogP contribution < -0.4 is 0 Å². The van der Waals surface area contributed by atoms with Gasteiger partial charge in [0.2, 0.25) is 0 Å². The zero-order chi connectivity index (χ0) is 18.7. The number of carboxylic acid groups (broad SMARTS) is 1. The van der Waals surface area contributed by atoms with Crippen molar-refractivity contribution >= 4 is 23.6 Å². The van der Waals surface area contributed by atoms with E-state index >= 15 is 0 Å². The molecule has 0 saturated heterocycles. The molecule has 4 nitrogen and oxygen atoms in total. The Kier molecular flexibility index (Phi) is 5.92. The van der Waals surface area contributed by atoms with Gasteiger partial charge in [0, 0.05) is 5.02 Å². The molecule has 1 aliphatic carbocycles. The van der Waals surface area contributed by atoms with Crippen LogP contribution in [-0.2, 0) is 10.2 Å². The summed E-state index contributed by atoms with van der Waals surface area (Å²) in [6.07, 6.45) is 6.72. The Morgan fingerprint density at radius 1 is 1.40 bits per heavy atom. The number of nitriles is 1. The fourth-order valence-electron chi connectivity index (χ4n) is 3.45. The number of nitrogens with zero attached hydrogens (tertiary/aromatic N) is 1. The maximum absolute atomic E-state index is 11.2. The second kappa shape index (κ2) is 7.59. The largest absolute Gasteiger partial charge is 0.481 e. The van der Waals surface area contributed by atoms with E-state index in [1.54, 1.807) is 38.1 Å². The van der Waals surface area contributed by atoms with E-state index in [2.05, 4.69) is 6.07 Å². The SMILES string of the molecule is CC(C)(C#N)c1ccc(C=CC(O)(CC(=O)O)C2CCCC2)cc1Cl. The molecule has 0 radical (unpaired) electrons. The minimum Gasteiger partial charge on any atom is -0.481 e. The zero-order valence-electron chi connectivity index (χ0n) is 14.6. The van der Waals surface area contributed by atoms with Gasteiger partial charge in [-0.15, -0.1) is 0 Å². The molecular formula is C20H24ClNO3. The molecule has 0 aromatic heterocycles. The lowest BCUT2D eigenvalue weighted by atomic mass is 9.82. The molecule has 1 aromatic rings. The van der Waals surface area contributed by atoms with Gasteiger partial charge in [-0.2, -0.15) is 5.26 Å². The third kappa shape index (κ3) is 4.62. The first-order valence-corrected chi connectivity index (χ1v) is 8.90. The van der Waals surface area contributed by atoms with Gasteiger partial charge in [0.15, 0.2) is 0 Å². The highest BCUT2D eigenvalue weighted by molar-refractivity contribution is 6.31. The molecule has 1 atom stereocenters. The summed E-state index contributed by atoms with van der Waals surface area (Å²) < 4.78 is 0. The van der Waals surface area contributed by atoms with E-state index in [4.69, 9.17) is 16.7 Å². The fourth-order valence-corrected chi connectivity index (χ4v) is 3.88. The molecule has 25 heavy (non-hydrogen) atoms. The smallest absolute Gasteiger partial charge is 0.306 e. The highest BCUT2D eigenvalue weighted by Gasteiger charge is 2.38. The number of benzene rings is 1. The maximum atomic E-state index is 11.2. The van der Waals surface area contributed by atoms with Gasteiger partial charge in [-0.25, -0.2) is 0 Å². The summed E-state index contributed by atoms with van der Waals surface area (Å²) >= 11 is 6.31. The quantitative estimate of drug-likeness (QED) is 0.778. The molecular weight excluding hydrogens is 338 g/mol. The van der Waals surface area contributed by atoms with Crippen molar-refractivity contribution in [1.82, 2.24) is 0 Å². The van der Waals surface area contributed by atoms with Gasteiger partial charge in [-0.1, -0.05) is 48.7 Å². The summed E-state index contributed by atoms with van der Waals surface area (Å²) in [6, 6.07) is 7.59. The van der Waals surface area contributed by atoms with Crippen LogP contribution in [0, 0.1) is 17.2 Å². The molecule has 0 amide bonds. The van der Waals surface area contributed by atoms with Gasteiger partial charge in [-0.3, -0.25) is 4.79 Å². The average Bonchev–Trinajstić information content (AvgIpc) is 3.07. The number of hydrogen-bond acceptors (Lipinski definition) is 3. The molecule has 1 fully saturated rings. The summed E-state index contributed by atoms with van der Waals surface area (Å²) in [7, 11) is 0. The number of hydrogen-bond donors (Lipinski definition) is 2. The van der Waals surface area contributed by atoms with Crippen LogP contribution >= 0.6 is 11.6 Å². The summed E-state index contributed by atoms with van der Waals surface area (Å²) in [5, 5.41) is 29.8. The Bertz CT molecular complexity index is 714. The zero-order valence-corrected chi connectivity index (χ0v) is 15.4. The van der Waals surface area contributed by atoms with Crippen molar-refractivity contribution in [2.24, 2.45) is 5.92 Å². The van der Waals surface area contributed by atoms with Gasteiger partial charge < -0.3 is 10.2 Å². The molecule has 1 unspecified atom stereocenters. The third-order valence-electron chi connectivity index (χ3n) is 5.01. The van der Waals surface area contributed by atoms with E-state index in [1.807, 2.05) is 6.07 Å². The monoisotopic (exact) mass is 361 g/mol. The summed E-state index contributed by atoms with van der Waals surface area (Å²) in [5.41, 5.74) is -0.526. The van der Waals surface area contributed by atoms with Gasteiger partial charge >= 0.3 is 5.97 Å². The number of aliphatic hydroxyl groups is 1. The Hall–Kier alpha value is -1.83. The van der Waals surface area contributed by atoms with E-state index in [0.717, 1.165) is 36.8 Å². The molecule has 5 heteroatoms. The van der Waals surface area contributed by atoms with Gasteiger partial charge in [0.05, 0.1) is 23.5 Å². The Morgan fingerprint density at radius 3 is 2.56 bits per heavy atom. The number of aliphatic carboxylic acids is 1. The normalized spacial score (nSPS) is 18.2. The topological polar surface area (TPSA) is 81.3 Å². The van der Waals surface area contributed by atoms with Crippen molar-refractivity contribution < 1.29 is 15.0 Å². The van der Waals surface area contributed by atoms with Crippen LogP contribution in [0.4, 0.5) is 0 Å². The summed E-state index contributed by atoms with van der Waals surface area (Å²) in [4.78, 5) is 11.2. The van der Waals surface area contributed by atoms with Crippen LogP contribution in [0.15, 0.2) is 24.3 Å². The Balaban J connectivity index is 2.28. The van der Waals surface area contributed by atoms with E-state index < -0.39 is 17.0 Å². The Morgan fingerprint density at radius 2 is 2.04 bits per heavy atom. The second-order valence-corrected chi connectivity index (χ2v) is 7.76. The van der Waals surface area contributed by atoms with E-state index in [1.165, 1.54) is 0 Å². The average molecular weight is 362 g/mol. The van der Waals surface area contributed by atoms with E-state index in [9.17, 15) is 15.2 Å². The first-order valence-electron chi connectivity index (χ1n) is 8.52. The van der Waals surface area contributed by atoms with E-state index in [0.29, 0.717) is 5.02 Å². The van der Waals surface area contributed by atoms with Crippen LogP contribution in [-0.4, -0.2) is 21.8 Å². The van der Waals surface area contributed by atoms with Crippen LogP contribution in [0.3, 0.4) is 0 Å². The van der Waals surface area contributed by atoms with Crippen molar-refractivity contribution in [3.63, 3.8) is 0 Å². The molecule has 0 aliphatic heterocycles. The van der Waals surface area contributed by atoms with Crippen molar-refractivity contribution in [1.29, 1.82) is 5.26 Å². The molecule has 1 aromatic carbocycles. The van der Waals surface area contributed by atoms with Crippen LogP contribution in [0.1, 0.15) is 57.1 Å². The number of rotatable bonds is 6. The number of halogens is 1. The first kappa shape index (κ1) is 19.5. The number of carboxylic acids is 1. The molecule has 0 heterocycles. The highest BCUT2D eigenvalue weighted by atomic mass is 35.5. The lowest BCUT2D eigenvalue weighted by Gasteiger charge is -2.29. The molecule has 2 rings (SSSR count). The molecule has 1 aliphatic rings. The predicted octanol–water partition coefficient (Wildman–Crippen LogP) is 4.55. The maximum Gasteiger partial charge on any atom is 0.306 e. The standard InChI is InChI=1S/C20H24ClNO3/c1-19(2,13-22)16-8-7-14(11-17(16)21)9-10-20(25,12-18(23)24)15-5-3-4-6-15/h7-11,15,25H,3-6,12H2,1-2H3,(H,23,24). The second-order valence-electron chi connectivity index (χ2n) is 7.35. The number of carbonyl (C=O) groups is 1. The minimum absolute atomic E-state index is 0.0351. The molecule has 0 spiro atoms. The van der Waals surface area contributed by atoms with Crippen LogP contribution in [0.5, 0.6) is 0 Å². The lowest BCUT2D eigenvalue weighted by Crippen LogP contribution is -2.36. The van der Waals surface area contributed by atoms with Crippen molar-refractivity contribution in [2.75, 3.05) is 0 Å². The van der Waals surface area contributed by atoms with Crippen LogP contribution in [0.2, 0.25) is 5.02 Å². The highest BCUT2D eigenvalue weighted by Crippen LogP contribution is 2.38. The Labute approximate surface area is 153 Å². The van der Waals surface area contributed by atoms with Crippen molar-refractivity contribution in [2.45, 2.75) is 57.0 Å². The minimum atomic E-state index is -1.35. The van der Waals surface area contributed by atoms with Crippen molar-refractivity contribution in [3.05, 3.63) is 40.4 Å². The lowest BCUT2D eigenvalue weighted by molar-refractivity contribution is -0.142. The molecule has 1 saturated carbocycles. The van der Waals surface area contributed by atoms with Gasteiger partial charge in [0.25, 0.3) is 0 Å². The fraction of sp³-hybridized carbons (Fsp3) is 0.500. The first-order chi connectivity index (χ1) is 11.7. The van der Waals surface area contributed by atoms with Crippen molar-refractivity contribution in [3.8, 4) is 6.07 Å². The third-order valence-corrected chi connectivity index (χ3v) is 5.32. The molecule has 2 N–H and O–H groups in total. The van der Waals surface area contributed by atoms with Gasteiger partial charge in [-0.05, 0) is 49.8 Å². The summed E-state index contributed by atoms with van der Waals surface area (Å²) in [6.45, 7) is 3.60. The predicted molar refractivity (Wildman–Crippen MR) is 98.3 cm³/mol. The van der Waals surface area contributed by atoms with Gasteiger partial charge in [0.1, 0.15) is 0 Å². The molecule has 134 valence electrons. The molecule has 0 bridgehead atoms. The van der Waals surface area contributed by atoms with E-state index in [-0.39, 0.29) is 12.3 Å². The van der Waals surface area contributed by atoms with Crippen LogP contribution in [0.25, 0.3) is 6.08 Å². The summed E-state index contributed by atoms with van der Waals surface area (Å²) in [5.74, 6) is -1.05.